The molecule has 2 aromatic heterocycles. The van der Waals surface area contributed by atoms with Gasteiger partial charge in [-0.05, 0) is 38.2 Å². The van der Waals surface area contributed by atoms with Gasteiger partial charge in [0.05, 0.1) is 42.9 Å². The van der Waals surface area contributed by atoms with Crippen molar-refractivity contribution in [2.45, 2.75) is 102 Å². The molecule has 0 aromatic carbocycles. The van der Waals surface area contributed by atoms with Crippen LogP contribution in [0.25, 0.3) is 0 Å². The molecule has 1 atom stereocenters. The lowest BCUT2D eigenvalue weighted by Gasteiger charge is -2.42. The molecule has 7 rings (SSSR count). The second kappa shape index (κ2) is 13.0. The van der Waals surface area contributed by atoms with Crippen molar-refractivity contribution in [3.63, 3.8) is 0 Å². The fraction of sp³-hybridized carbons (Fsp3) is 0.706. The summed E-state index contributed by atoms with van der Waals surface area (Å²) in [6.07, 6.45) is 15.2. The highest BCUT2D eigenvalue weighted by atomic mass is 19.1. The lowest BCUT2D eigenvalue weighted by atomic mass is 9.81. The molecule has 3 saturated heterocycles. The molecular formula is C34H49FN8O3. The largest absolute Gasteiger partial charge is 0.381 e. The van der Waals surface area contributed by atoms with Gasteiger partial charge in [0.25, 0.3) is 5.91 Å². The number of carbonyl (C=O) groups excluding carboxylic acids is 2. The molecule has 4 N–H and O–H groups in total. The van der Waals surface area contributed by atoms with E-state index in [0.29, 0.717) is 24.6 Å². The molecule has 5 aliphatic rings. The van der Waals surface area contributed by atoms with Gasteiger partial charge in [-0.2, -0.15) is 5.10 Å². The monoisotopic (exact) mass is 636 g/mol. The van der Waals surface area contributed by atoms with Gasteiger partial charge in [0.15, 0.2) is 5.82 Å². The topological polar surface area (TPSA) is 131 Å². The van der Waals surface area contributed by atoms with Crippen LogP contribution >= 0.6 is 0 Å². The van der Waals surface area contributed by atoms with Crippen LogP contribution in [0.2, 0.25) is 0 Å². The van der Waals surface area contributed by atoms with Crippen molar-refractivity contribution in [2.24, 2.45) is 11.3 Å². The molecule has 0 radical (unpaired) electrons. The lowest BCUT2D eigenvalue weighted by Crippen LogP contribution is -2.53. The Balaban J connectivity index is 1.04. The first-order valence-corrected chi connectivity index (χ1v) is 17.5. The summed E-state index contributed by atoms with van der Waals surface area (Å²) in [6, 6.07) is 1.90. The summed E-state index contributed by atoms with van der Waals surface area (Å²) in [6.45, 7) is 4.68. The molecule has 4 fully saturated rings. The summed E-state index contributed by atoms with van der Waals surface area (Å²) in [5.74, 6) is 0.469. The fourth-order valence-electron chi connectivity index (χ4n) is 8.43. The van der Waals surface area contributed by atoms with Gasteiger partial charge in [-0.1, -0.05) is 51.4 Å². The molecular weight excluding hydrogens is 587 g/mol. The van der Waals surface area contributed by atoms with Crippen LogP contribution in [0.3, 0.4) is 0 Å². The highest BCUT2D eigenvalue weighted by Gasteiger charge is 2.47. The predicted octanol–water partition coefficient (Wildman–Crippen LogP) is 4.99. The number of likely N-dealkylation sites (tertiary alicyclic amines) is 1. The normalized spacial score (nSPS) is 24.9. The molecule has 11 nitrogen and oxygen atoms in total. The minimum Gasteiger partial charge on any atom is -0.381 e. The Bertz CT molecular complexity index is 1410. The van der Waals surface area contributed by atoms with Crippen molar-refractivity contribution in [3.05, 3.63) is 24.0 Å². The average Bonchev–Trinajstić information content (AvgIpc) is 3.62. The first kappa shape index (κ1) is 31.2. The van der Waals surface area contributed by atoms with Crippen LogP contribution in [0.1, 0.15) is 93.8 Å². The maximum atomic E-state index is 15.9. The lowest BCUT2D eigenvalue weighted by molar-refractivity contribution is -0.139. The molecule has 4 aliphatic heterocycles. The maximum Gasteiger partial charge on any atom is 0.263 e. The summed E-state index contributed by atoms with van der Waals surface area (Å²) < 4.78 is 22.9. The van der Waals surface area contributed by atoms with Crippen LogP contribution in [0.5, 0.6) is 0 Å². The number of piperidine rings is 1. The number of rotatable bonds is 4. The Kier molecular flexibility index (Phi) is 8.82. The number of alkyl halides is 1. The minimum atomic E-state index is -1.12. The molecule has 250 valence electrons. The predicted molar refractivity (Wildman–Crippen MR) is 176 cm³/mol. The number of halogens is 1. The van der Waals surface area contributed by atoms with E-state index >= 15 is 4.39 Å². The number of nitrogens with two attached hydrogens (primary N) is 1. The van der Waals surface area contributed by atoms with E-state index < -0.39 is 17.6 Å². The first-order chi connectivity index (χ1) is 22.4. The van der Waals surface area contributed by atoms with Gasteiger partial charge < -0.3 is 30.9 Å². The highest BCUT2D eigenvalue weighted by molar-refractivity contribution is 6.12. The first-order valence-electron chi connectivity index (χ1n) is 17.5. The summed E-state index contributed by atoms with van der Waals surface area (Å²) in [4.78, 5) is 35.8. The molecule has 1 aliphatic carbocycles. The minimum absolute atomic E-state index is 0.00933. The van der Waals surface area contributed by atoms with E-state index in [1.54, 1.807) is 12.4 Å². The zero-order valence-corrected chi connectivity index (χ0v) is 26.9. The third-order valence-electron chi connectivity index (χ3n) is 11.3. The number of anilines is 4. The Labute approximate surface area is 270 Å². The number of carbonyl (C=O) groups is 2. The van der Waals surface area contributed by atoms with E-state index in [9.17, 15) is 9.59 Å². The smallest absolute Gasteiger partial charge is 0.263 e. The van der Waals surface area contributed by atoms with Crippen LogP contribution in [0, 0.1) is 11.3 Å². The second-order valence-corrected chi connectivity index (χ2v) is 14.5. The third kappa shape index (κ3) is 6.04. The molecule has 0 bridgehead atoms. The summed E-state index contributed by atoms with van der Waals surface area (Å²) >= 11 is 0. The molecule has 6 heterocycles. The molecule has 1 saturated carbocycles. The van der Waals surface area contributed by atoms with E-state index in [1.807, 2.05) is 11.0 Å². The van der Waals surface area contributed by atoms with Crippen LogP contribution in [-0.4, -0.2) is 82.6 Å². The summed E-state index contributed by atoms with van der Waals surface area (Å²) in [7, 11) is 0. The molecule has 2 aromatic rings. The average molecular weight is 637 g/mol. The van der Waals surface area contributed by atoms with Gasteiger partial charge in [0.1, 0.15) is 17.6 Å². The highest BCUT2D eigenvalue weighted by Crippen LogP contribution is 2.41. The van der Waals surface area contributed by atoms with Crippen molar-refractivity contribution in [3.8, 4) is 0 Å². The summed E-state index contributed by atoms with van der Waals surface area (Å²) in [5, 5.41) is 10.9. The van der Waals surface area contributed by atoms with Crippen LogP contribution in [0.4, 0.5) is 27.4 Å². The van der Waals surface area contributed by atoms with Crippen molar-refractivity contribution in [2.75, 3.05) is 60.7 Å². The van der Waals surface area contributed by atoms with Crippen LogP contribution < -0.4 is 21.3 Å². The van der Waals surface area contributed by atoms with Gasteiger partial charge in [-0.3, -0.25) is 14.6 Å². The Morgan fingerprint density at radius 1 is 1.00 bits per heavy atom. The van der Waals surface area contributed by atoms with Crippen LogP contribution in [-0.2, 0) is 16.1 Å². The Morgan fingerprint density at radius 3 is 2.35 bits per heavy atom. The van der Waals surface area contributed by atoms with Gasteiger partial charge >= 0.3 is 0 Å². The number of hydrogen-bond acceptors (Lipinski definition) is 8. The number of nitrogen functional groups attached to an aromatic ring is 1. The number of nitrogens with one attached hydrogen (secondary N) is 2. The number of nitrogens with zero attached hydrogens (tertiary/aromatic N) is 5. The van der Waals surface area contributed by atoms with E-state index in [0.717, 1.165) is 89.8 Å². The number of pyridine rings is 1. The van der Waals surface area contributed by atoms with E-state index in [2.05, 4.69) is 25.6 Å². The fourth-order valence-corrected chi connectivity index (χ4v) is 8.43. The van der Waals surface area contributed by atoms with Crippen molar-refractivity contribution < 1.29 is 18.7 Å². The molecule has 2 amide bonds. The number of ether oxygens (including phenoxy) is 1. The van der Waals surface area contributed by atoms with E-state index in [1.165, 1.54) is 30.4 Å². The van der Waals surface area contributed by atoms with Gasteiger partial charge in [0.2, 0.25) is 5.91 Å². The number of hydrogen-bond donors (Lipinski definition) is 3. The van der Waals surface area contributed by atoms with Gasteiger partial charge in [-0.25, -0.2) is 9.07 Å². The quantitative estimate of drug-likeness (QED) is 0.428. The number of amides is 2. The SMILES string of the molecule is Nc1nn2c(c1C(=O)Nc1cnccc1N1CCC(C(=O)N3CCC4(COC4)C3)CC1)NC1(CCCCCCCCCC1)C(F)C2. The van der Waals surface area contributed by atoms with Gasteiger partial charge in [0, 0.05) is 43.7 Å². The van der Waals surface area contributed by atoms with Crippen molar-refractivity contribution in [1.82, 2.24) is 19.7 Å². The second-order valence-electron chi connectivity index (χ2n) is 14.5. The Hall–Kier alpha value is -3.41. The Morgan fingerprint density at radius 2 is 1.70 bits per heavy atom. The summed E-state index contributed by atoms with van der Waals surface area (Å²) in [5.41, 5.74) is 7.49. The molecule has 12 heteroatoms. The number of fused-ring (bicyclic) bond motifs is 1. The zero-order chi connectivity index (χ0) is 31.7. The van der Waals surface area contributed by atoms with E-state index in [-0.39, 0.29) is 35.2 Å². The third-order valence-corrected chi connectivity index (χ3v) is 11.3. The standard InChI is InChI=1S/C34H49FN8O3/c35-27-20-43-30(39-34(27)12-7-5-3-1-2-4-6-8-13-34)28(29(36)40-43)31(44)38-25-19-37-15-9-26(25)41-16-10-24(11-17-41)32(45)42-18-14-33(21-42)22-46-23-33/h9,15,19,24,27,39H,1-8,10-14,16-18,20-23H2,(H2,36,40)(H,38,44). The van der Waals surface area contributed by atoms with Crippen molar-refractivity contribution in [1.29, 1.82) is 0 Å². The van der Waals surface area contributed by atoms with Crippen LogP contribution in [0.15, 0.2) is 18.5 Å². The van der Waals surface area contributed by atoms with E-state index in [4.69, 9.17) is 10.5 Å². The molecule has 2 spiro atoms. The maximum absolute atomic E-state index is 15.9. The number of aromatic nitrogens is 3. The zero-order valence-electron chi connectivity index (χ0n) is 26.9. The molecule has 46 heavy (non-hydrogen) atoms. The van der Waals surface area contributed by atoms with Crippen molar-refractivity contribution >= 4 is 34.8 Å². The molecule has 1 unspecified atom stereocenters. The van der Waals surface area contributed by atoms with Gasteiger partial charge in [-0.15, -0.1) is 0 Å².